The SMILES string of the molecule is CC(C)(C)OC(=O)NC(Cc1ccc(NC(=O)c2cccc(N=C(N)N)c2)cc1)C(=O)O. The molecule has 0 spiro atoms. The molecule has 0 aliphatic heterocycles. The first kappa shape index (κ1) is 24.2. The Labute approximate surface area is 185 Å². The van der Waals surface area contributed by atoms with Crippen LogP contribution in [0.2, 0.25) is 0 Å². The number of carbonyl (C=O) groups excluding carboxylic acids is 2. The Morgan fingerprint density at radius 1 is 1.09 bits per heavy atom. The lowest BCUT2D eigenvalue weighted by atomic mass is 10.1. The first-order valence-electron chi connectivity index (χ1n) is 9.75. The molecule has 0 aromatic heterocycles. The fraction of sp³-hybridized carbons (Fsp3) is 0.273. The van der Waals surface area contributed by atoms with Gasteiger partial charge in [-0.2, -0.15) is 0 Å². The molecule has 1 atom stereocenters. The van der Waals surface area contributed by atoms with Crippen LogP contribution >= 0.6 is 0 Å². The highest BCUT2D eigenvalue weighted by molar-refractivity contribution is 6.04. The van der Waals surface area contributed by atoms with Crippen molar-refractivity contribution >= 4 is 35.3 Å². The number of ether oxygens (including phenoxy) is 1. The van der Waals surface area contributed by atoms with Crippen LogP contribution in [0.4, 0.5) is 16.2 Å². The van der Waals surface area contributed by atoms with Gasteiger partial charge >= 0.3 is 12.1 Å². The summed E-state index contributed by atoms with van der Waals surface area (Å²) < 4.78 is 5.11. The molecule has 2 amide bonds. The summed E-state index contributed by atoms with van der Waals surface area (Å²) in [7, 11) is 0. The Hall–Kier alpha value is -4.08. The van der Waals surface area contributed by atoms with Crippen molar-refractivity contribution in [2.24, 2.45) is 16.5 Å². The lowest BCUT2D eigenvalue weighted by molar-refractivity contribution is -0.139. The van der Waals surface area contributed by atoms with E-state index in [4.69, 9.17) is 16.2 Å². The largest absolute Gasteiger partial charge is 0.480 e. The molecule has 2 rings (SSSR count). The summed E-state index contributed by atoms with van der Waals surface area (Å²) in [6.07, 6.45) is -0.764. The molecule has 0 fully saturated rings. The highest BCUT2D eigenvalue weighted by Gasteiger charge is 2.24. The third-order valence-corrected chi connectivity index (χ3v) is 4.01. The highest BCUT2D eigenvalue weighted by Crippen LogP contribution is 2.17. The first-order valence-corrected chi connectivity index (χ1v) is 9.75. The van der Waals surface area contributed by atoms with Crippen molar-refractivity contribution in [2.75, 3.05) is 5.32 Å². The number of rotatable bonds is 7. The van der Waals surface area contributed by atoms with Gasteiger partial charge in [-0.1, -0.05) is 18.2 Å². The van der Waals surface area contributed by atoms with Gasteiger partial charge in [-0.05, 0) is 56.7 Å². The fourth-order valence-electron chi connectivity index (χ4n) is 2.68. The number of benzene rings is 2. The van der Waals surface area contributed by atoms with Crippen molar-refractivity contribution in [1.29, 1.82) is 0 Å². The van der Waals surface area contributed by atoms with Crippen LogP contribution in [-0.4, -0.2) is 40.7 Å². The van der Waals surface area contributed by atoms with Gasteiger partial charge < -0.3 is 31.9 Å². The van der Waals surface area contributed by atoms with Gasteiger partial charge in [-0.25, -0.2) is 14.6 Å². The molecule has 0 bridgehead atoms. The molecule has 0 saturated carbocycles. The number of carboxylic acids is 1. The third-order valence-electron chi connectivity index (χ3n) is 4.01. The van der Waals surface area contributed by atoms with Crippen LogP contribution in [0.15, 0.2) is 53.5 Å². The molecule has 0 aliphatic rings. The average molecular weight is 441 g/mol. The second-order valence-corrected chi connectivity index (χ2v) is 7.98. The first-order chi connectivity index (χ1) is 14.9. The second kappa shape index (κ2) is 10.3. The number of anilines is 1. The summed E-state index contributed by atoms with van der Waals surface area (Å²) in [4.78, 5) is 39.8. The topological polar surface area (TPSA) is 169 Å². The Morgan fingerprint density at radius 2 is 1.75 bits per heavy atom. The number of carbonyl (C=O) groups is 3. The van der Waals surface area contributed by atoms with E-state index in [0.717, 1.165) is 0 Å². The molecule has 10 nitrogen and oxygen atoms in total. The number of nitrogens with zero attached hydrogens (tertiary/aromatic N) is 1. The van der Waals surface area contributed by atoms with Crippen LogP contribution in [0.25, 0.3) is 0 Å². The molecule has 7 N–H and O–H groups in total. The average Bonchev–Trinajstić information content (AvgIpc) is 2.67. The monoisotopic (exact) mass is 441 g/mol. The van der Waals surface area contributed by atoms with Gasteiger partial charge in [-0.15, -0.1) is 0 Å². The third kappa shape index (κ3) is 7.98. The van der Waals surface area contributed by atoms with Crippen molar-refractivity contribution in [3.8, 4) is 0 Å². The molecule has 2 aromatic carbocycles. The predicted octanol–water partition coefficient (Wildman–Crippen LogP) is 2.36. The van der Waals surface area contributed by atoms with Crippen molar-refractivity contribution in [3.63, 3.8) is 0 Å². The standard InChI is InChI=1S/C22H27N5O5/c1-22(2,3)32-21(31)27-17(19(29)30)11-13-7-9-15(10-8-13)25-18(28)14-5-4-6-16(12-14)26-20(23)24/h4-10,12,17H,11H2,1-3H3,(H,25,28)(H,27,31)(H,29,30)(H4,23,24,26). The summed E-state index contributed by atoms with van der Waals surface area (Å²) in [6, 6.07) is 11.9. The molecule has 10 heteroatoms. The molecule has 0 radical (unpaired) electrons. The highest BCUT2D eigenvalue weighted by atomic mass is 16.6. The number of hydrogen-bond donors (Lipinski definition) is 5. The van der Waals surface area contributed by atoms with E-state index in [-0.39, 0.29) is 18.3 Å². The fourth-order valence-corrected chi connectivity index (χ4v) is 2.68. The lowest BCUT2D eigenvalue weighted by Gasteiger charge is -2.22. The number of nitrogens with two attached hydrogens (primary N) is 2. The van der Waals surface area contributed by atoms with Gasteiger partial charge in [0.25, 0.3) is 5.91 Å². The number of aliphatic carboxylic acids is 1. The van der Waals surface area contributed by atoms with Gasteiger partial charge in [0.15, 0.2) is 5.96 Å². The van der Waals surface area contributed by atoms with Crippen LogP contribution in [0.5, 0.6) is 0 Å². The number of carboxylic acid groups (broad SMARTS) is 1. The maximum atomic E-state index is 12.5. The molecule has 32 heavy (non-hydrogen) atoms. The summed E-state index contributed by atoms with van der Waals surface area (Å²) in [5, 5.41) is 14.5. The second-order valence-electron chi connectivity index (χ2n) is 7.98. The summed E-state index contributed by atoms with van der Waals surface area (Å²) >= 11 is 0. The van der Waals surface area contributed by atoms with E-state index < -0.39 is 23.7 Å². The smallest absolute Gasteiger partial charge is 0.408 e. The Kier molecular flexibility index (Phi) is 7.78. The molecular formula is C22H27N5O5. The molecule has 2 aromatic rings. The summed E-state index contributed by atoms with van der Waals surface area (Å²) in [5.74, 6) is -1.66. The normalized spacial score (nSPS) is 11.7. The van der Waals surface area contributed by atoms with Gasteiger partial charge in [-0.3, -0.25) is 4.79 Å². The maximum Gasteiger partial charge on any atom is 0.408 e. The number of hydrogen-bond acceptors (Lipinski definition) is 5. The van der Waals surface area contributed by atoms with Crippen LogP contribution in [0.3, 0.4) is 0 Å². The van der Waals surface area contributed by atoms with E-state index in [1.54, 1.807) is 69.3 Å². The number of nitrogens with one attached hydrogen (secondary N) is 2. The number of amides is 2. The van der Waals surface area contributed by atoms with Crippen LogP contribution < -0.4 is 22.1 Å². The summed E-state index contributed by atoms with van der Waals surface area (Å²) in [5.41, 5.74) is 12.0. The Balaban J connectivity index is 2.02. The zero-order chi connectivity index (χ0) is 23.9. The Bertz CT molecular complexity index is 1010. The lowest BCUT2D eigenvalue weighted by Crippen LogP contribution is -2.44. The van der Waals surface area contributed by atoms with Crippen molar-refractivity contribution in [3.05, 3.63) is 59.7 Å². The Morgan fingerprint density at radius 3 is 2.31 bits per heavy atom. The van der Waals surface area contributed by atoms with Gasteiger partial charge in [0.05, 0.1) is 5.69 Å². The van der Waals surface area contributed by atoms with Crippen molar-refractivity contribution < 1.29 is 24.2 Å². The van der Waals surface area contributed by atoms with Crippen LogP contribution in [0.1, 0.15) is 36.7 Å². The van der Waals surface area contributed by atoms with E-state index in [9.17, 15) is 19.5 Å². The molecule has 0 saturated heterocycles. The van der Waals surface area contributed by atoms with Crippen LogP contribution in [-0.2, 0) is 16.0 Å². The van der Waals surface area contributed by atoms with Crippen LogP contribution in [0, 0.1) is 0 Å². The number of guanidine groups is 1. The number of alkyl carbamates (subject to hydrolysis) is 1. The minimum Gasteiger partial charge on any atom is -0.480 e. The predicted molar refractivity (Wildman–Crippen MR) is 121 cm³/mol. The van der Waals surface area contributed by atoms with E-state index >= 15 is 0 Å². The molecule has 0 aliphatic carbocycles. The van der Waals surface area contributed by atoms with E-state index in [0.29, 0.717) is 22.5 Å². The van der Waals surface area contributed by atoms with E-state index in [1.165, 1.54) is 0 Å². The molecule has 0 heterocycles. The molecular weight excluding hydrogens is 414 g/mol. The summed E-state index contributed by atoms with van der Waals surface area (Å²) in [6.45, 7) is 5.06. The van der Waals surface area contributed by atoms with Crippen molar-refractivity contribution in [2.45, 2.75) is 38.8 Å². The van der Waals surface area contributed by atoms with Gasteiger partial charge in [0, 0.05) is 17.7 Å². The molecule has 170 valence electrons. The van der Waals surface area contributed by atoms with Gasteiger partial charge in [0.1, 0.15) is 11.6 Å². The number of aliphatic imine (C=N–C) groups is 1. The van der Waals surface area contributed by atoms with Gasteiger partial charge in [0.2, 0.25) is 0 Å². The zero-order valence-corrected chi connectivity index (χ0v) is 18.1. The minimum atomic E-state index is -1.19. The maximum absolute atomic E-state index is 12.5. The minimum absolute atomic E-state index is 0.0450. The van der Waals surface area contributed by atoms with E-state index in [1.807, 2.05) is 0 Å². The molecule has 1 unspecified atom stereocenters. The van der Waals surface area contributed by atoms with E-state index in [2.05, 4.69) is 15.6 Å². The van der Waals surface area contributed by atoms with Crippen molar-refractivity contribution in [1.82, 2.24) is 5.32 Å². The zero-order valence-electron chi connectivity index (χ0n) is 18.1. The quantitative estimate of drug-likeness (QED) is 0.324.